The van der Waals surface area contributed by atoms with Crippen molar-refractivity contribution >= 4 is 10.0 Å². The van der Waals surface area contributed by atoms with Crippen LogP contribution in [0.15, 0.2) is 17.0 Å². The summed E-state index contributed by atoms with van der Waals surface area (Å²) in [6.45, 7) is 6.84. The lowest BCUT2D eigenvalue weighted by molar-refractivity contribution is 0.196. The van der Waals surface area contributed by atoms with Gasteiger partial charge in [0.2, 0.25) is 10.0 Å². The van der Waals surface area contributed by atoms with Crippen molar-refractivity contribution in [1.82, 2.24) is 9.21 Å². The fraction of sp³-hybridized carbons (Fsp3) is 0.571. The molecule has 0 unspecified atom stereocenters. The lowest BCUT2D eigenvalue weighted by Crippen LogP contribution is -2.48. The van der Waals surface area contributed by atoms with Crippen LogP contribution >= 0.6 is 0 Å². The van der Waals surface area contributed by atoms with Gasteiger partial charge >= 0.3 is 0 Å². The molecule has 0 atom stereocenters. The quantitative estimate of drug-likeness (QED) is 0.897. The smallest absolute Gasteiger partial charge is 0.243 e. The topological polar surface area (TPSA) is 66.6 Å². The van der Waals surface area contributed by atoms with Gasteiger partial charge in [-0.1, -0.05) is 6.92 Å². The van der Waals surface area contributed by atoms with Gasteiger partial charge in [0.05, 0.1) is 4.90 Å². The number of benzene rings is 1. The Labute approximate surface area is 125 Å². The molecule has 0 aliphatic carbocycles. The number of likely N-dealkylation sites (N-methyl/N-ethyl adjacent to an activating group) is 1. The lowest BCUT2D eigenvalue weighted by atomic mass is 10.1. The summed E-state index contributed by atoms with van der Waals surface area (Å²) < 4.78 is 40.8. The summed E-state index contributed by atoms with van der Waals surface area (Å²) >= 11 is 0. The van der Waals surface area contributed by atoms with Crippen molar-refractivity contribution in [3.8, 4) is 0 Å². The molecule has 1 heterocycles. The summed E-state index contributed by atoms with van der Waals surface area (Å²) in [6, 6.07) is 2.78. The van der Waals surface area contributed by atoms with Crippen LogP contribution < -0.4 is 5.73 Å². The summed E-state index contributed by atoms with van der Waals surface area (Å²) in [6.07, 6.45) is 0. The maximum Gasteiger partial charge on any atom is 0.243 e. The maximum absolute atomic E-state index is 13.9. The van der Waals surface area contributed by atoms with Gasteiger partial charge in [-0.3, -0.25) is 0 Å². The highest BCUT2D eigenvalue weighted by atomic mass is 32.2. The van der Waals surface area contributed by atoms with E-state index >= 15 is 0 Å². The second-order valence-corrected chi connectivity index (χ2v) is 7.15. The van der Waals surface area contributed by atoms with Gasteiger partial charge in [-0.15, -0.1) is 0 Å². The fourth-order valence-electron chi connectivity index (χ4n) is 2.52. The van der Waals surface area contributed by atoms with Crippen molar-refractivity contribution in [2.75, 3.05) is 32.7 Å². The molecule has 7 heteroatoms. The zero-order valence-electron chi connectivity index (χ0n) is 12.5. The molecule has 1 aliphatic rings. The van der Waals surface area contributed by atoms with Crippen molar-refractivity contribution < 1.29 is 12.8 Å². The highest BCUT2D eigenvalue weighted by Crippen LogP contribution is 2.24. The third kappa shape index (κ3) is 3.26. The van der Waals surface area contributed by atoms with Gasteiger partial charge in [-0.05, 0) is 31.2 Å². The Morgan fingerprint density at radius 3 is 2.38 bits per heavy atom. The number of hydrogen-bond acceptors (Lipinski definition) is 4. The third-order valence-electron chi connectivity index (χ3n) is 3.99. The van der Waals surface area contributed by atoms with E-state index < -0.39 is 15.8 Å². The Balaban J connectivity index is 2.34. The minimum absolute atomic E-state index is 0.0351. The van der Waals surface area contributed by atoms with E-state index in [1.807, 2.05) is 0 Å². The molecule has 0 aromatic heterocycles. The first kappa shape index (κ1) is 16.4. The first-order valence-electron chi connectivity index (χ1n) is 7.11. The van der Waals surface area contributed by atoms with E-state index in [2.05, 4.69) is 11.8 Å². The van der Waals surface area contributed by atoms with Crippen molar-refractivity contribution in [3.05, 3.63) is 29.1 Å². The molecule has 1 fully saturated rings. The Kier molecular flexibility index (Phi) is 4.98. The van der Waals surface area contributed by atoms with Crippen molar-refractivity contribution in [3.63, 3.8) is 0 Å². The molecule has 1 aromatic carbocycles. The Morgan fingerprint density at radius 1 is 1.24 bits per heavy atom. The molecule has 2 rings (SSSR count). The summed E-state index contributed by atoms with van der Waals surface area (Å²) in [4.78, 5) is 2.23. The van der Waals surface area contributed by atoms with Crippen LogP contribution in [0.4, 0.5) is 4.39 Å². The molecule has 0 amide bonds. The van der Waals surface area contributed by atoms with E-state index in [1.165, 1.54) is 23.4 Å². The molecule has 0 spiro atoms. The molecule has 2 N–H and O–H groups in total. The van der Waals surface area contributed by atoms with Crippen LogP contribution in [0.2, 0.25) is 0 Å². The predicted octanol–water partition coefficient (Wildman–Crippen LogP) is 0.919. The highest BCUT2D eigenvalue weighted by Gasteiger charge is 2.30. The number of piperazine rings is 1. The minimum atomic E-state index is -3.67. The molecule has 0 bridgehead atoms. The zero-order chi connectivity index (χ0) is 15.6. The first-order chi connectivity index (χ1) is 9.90. The largest absolute Gasteiger partial charge is 0.326 e. The van der Waals surface area contributed by atoms with Crippen molar-refractivity contribution in [1.29, 1.82) is 0 Å². The number of sulfonamides is 1. The van der Waals surface area contributed by atoms with Crippen LogP contribution in [-0.2, 0) is 16.6 Å². The number of nitrogens with two attached hydrogens (primary N) is 1. The van der Waals surface area contributed by atoms with Crippen LogP contribution in [0, 0.1) is 12.7 Å². The van der Waals surface area contributed by atoms with E-state index in [9.17, 15) is 12.8 Å². The summed E-state index contributed by atoms with van der Waals surface area (Å²) in [5, 5.41) is 0. The maximum atomic E-state index is 13.9. The van der Waals surface area contributed by atoms with Crippen LogP contribution in [0.25, 0.3) is 0 Å². The Morgan fingerprint density at radius 2 is 1.86 bits per heavy atom. The van der Waals surface area contributed by atoms with Gasteiger partial charge in [0, 0.05) is 38.3 Å². The van der Waals surface area contributed by atoms with Gasteiger partial charge in [0.1, 0.15) is 5.82 Å². The number of hydrogen-bond donors (Lipinski definition) is 1. The summed E-state index contributed by atoms with van der Waals surface area (Å²) in [5.41, 5.74) is 6.16. The van der Waals surface area contributed by atoms with Crippen LogP contribution in [0.5, 0.6) is 0 Å². The van der Waals surface area contributed by atoms with Gasteiger partial charge in [0.15, 0.2) is 0 Å². The van der Waals surface area contributed by atoms with E-state index in [1.54, 1.807) is 0 Å². The second kappa shape index (κ2) is 6.39. The number of rotatable bonds is 4. The van der Waals surface area contributed by atoms with Gasteiger partial charge < -0.3 is 10.6 Å². The number of nitrogens with zero attached hydrogens (tertiary/aromatic N) is 2. The van der Waals surface area contributed by atoms with E-state index in [0.717, 1.165) is 6.54 Å². The normalized spacial score (nSPS) is 18.1. The first-order valence-corrected chi connectivity index (χ1v) is 8.55. The summed E-state index contributed by atoms with van der Waals surface area (Å²) in [7, 11) is -3.67. The molecule has 5 nitrogen and oxygen atoms in total. The monoisotopic (exact) mass is 315 g/mol. The van der Waals surface area contributed by atoms with Gasteiger partial charge in [-0.2, -0.15) is 4.31 Å². The van der Waals surface area contributed by atoms with E-state index in [0.29, 0.717) is 31.7 Å². The van der Waals surface area contributed by atoms with E-state index in [4.69, 9.17) is 5.73 Å². The molecule has 0 saturated carbocycles. The van der Waals surface area contributed by atoms with Crippen LogP contribution in [0.1, 0.15) is 18.1 Å². The molecule has 0 radical (unpaired) electrons. The predicted molar refractivity (Wildman–Crippen MR) is 79.9 cm³/mol. The average molecular weight is 315 g/mol. The van der Waals surface area contributed by atoms with Crippen molar-refractivity contribution in [2.45, 2.75) is 25.3 Å². The number of halogens is 1. The van der Waals surface area contributed by atoms with Gasteiger partial charge in [-0.25, -0.2) is 12.8 Å². The Bertz CT molecular complexity index is 611. The second-order valence-electron chi connectivity index (χ2n) is 5.24. The third-order valence-corrected chi connectivity index (χ3v) is 6.01. The molecule has 118 valence electrons. The Hall–Kier alpha value is -1.02. The molecule has 21 heavy (non-hydrogen) atoms. The summed E-state index contributed by atoms with van der Waals surface area (Å²) in [5.74, 6) is -0.524. The minimum Gasteiger partial charge on any atom is -0.326 e. The zero-order valence-corrected chi connectivity index (χ0v) is 13.3. The molecular formula is C14H22FN3O2S. The van der Waals surface area contributed by atoms with Crippen molar-refractivity contribution in [2.24, 2.45) is 5.73 Å². The van der Waals surface area contributed by atoms with E-state index in [-0.39, 0.29) is 17.0 Å². The fourth-order valence-corrected chi connectivity index (χ4v) is 4.22. The van der Waals surface area contributed by atoms with Crippen LogP contribution in [0.3, 0.4) is 0 Å². The standard InChI is InChI=1S/C14H22FN3O2S/c1-3-17-4-6-18(7-5-17)21(19,20)14-9-12(10-16)8-13(15)11(14)2/h8-9H,3-7,10,16H2,1-2H3. The van der Waals surface area contributed by atoms with Crippen LogP contribution in [-0.4, -0.2) is 50.3 Å². The molecule has 1 aliphatic heterocycles. The molecular weight excluding hydrogens is 293 g/mol. The lowest BCUT2D eigenvalue weighted by Gasteiger charge is -2.33. The molecule has 1 aromatic rings. The average Bonchev–Trinajstić information content (AvgIpc) is 2.49. The molecule has 1 saturated heterocycles. The SMILES string of the molecule is CCN1CCN(S(=O)(=O)c2cc(CN)cc(F)c2C)CC1. The van der Waals surface area contributed by atoms with Gasteiger partial charge in [0.25, 0.3) is 0 Å². The highest BCUT2D eigenvalue weighted by molar-refractivity contribution is 7.89.